The minimum atomic E-state index is -1.00. The highest BCUT2D eigenvalue weighted by Gasteiger charge is 2.30. The van der Waals surface area contributed by atoms with Crippen molar-refractivity contribution in [2.45, 2.75) is 18.4 Å². The number of carbonyl (C=O) groups is 2. The van der Waals surface area contributed by atoms with E-state index in [0.717, 1.165) is 22.3 Å². The second-order valence-corrected chi connectivity index (χ2v) is 8.04. The molecular formula is C27H26N2O5. The minimum absolute atomic E-state index is 0.0133. The Morgan fingerprint density at radius 3 is 2.29 bits per heavy atom. The van der Waals surface area contributed by atoms with Crippen LogP contribution in [0.1, 0.15) is 22.6 Å². The lowest BCUT2D eigenvalue weighted by Crippen LogP contribution is -2.44. The number of anilines is 1. The average Bonchev–Trinajstić information content (AvgIpc) is 3.17. The minimum Gasteiger partial charge on any atom is -0.506 e. The van der Waals surface area contributed by atoms with Gasteiger partial charge in [-0.15, -0.1) is 0 Å². The first-order valence-corrected chi connectivity index (χ1v) is 10.9. The highest BCUT2D eigenvalue weighted by Crippen LogP contribution is 2.44. The number of phenols is 1. The first-order valence-electron chi connectivity index (χ1n) is 10.9. The molecule has 0 aliphatic heterocycles. The molecule has 0 heterocycles. The number of hydrogen-bond donors (Lipinski definition) is 3. The molecule has 3 aromatic rings. The number of hydrogen-bond acceptors (Lipinski definition) is 6. The molecule has 0 radical (unpaired) electrons. The van der Waals surface area contributed by atoms with Crippen molar-refractivity contribution in [2.24, 2.45) is 0 Å². The molecule has 0 unspecified atom stereocenters. The summed E-state index contributed by atoms with van der Waals surface area (Å²) in [5.41, 5.74) is 11.0. The number of nitrogens with two attached hydrogens (primary N) is 1. The van der Waals surface area contributed by atoms with Crippen LogP contribution in [-0.2, 0) is 20.7 Å². The molecule has 1 atom stereocenters. The molecule has 4 rings (SSSR count). The smallest absolute Gasteiger partial charge is 0.407 e. The molecule has 0 saturated heterocycles. The van der Waals surface area contributed by atoms with Crippen molar-refractivity contribution in [1.82, 2.24) is 5.32 Å². The fraction of sp³-hybridized carbons (Fsp3) is 0.185. The molecule has 174 valence electrons. The number of phenolic OH excluding ortho intramolecular Hbond substituents is 1. The number of nitrogen functional groups attached to an aromatic ring is 1. The second-order valence-electron chi connectivity index (χ2n) is 8.04. The van der Waals surface area contributed by atoms with Gasteiger partial charge in [-0.05, 0) is 39.9 Å². The topological polar surface area (TPSA) is 111 Å². The maximum Gasteiger partial charge on any atom is 0.407 e. The quantitative estimate of drug-likeness (QED) is 0.202. The van der Waals surface area contributed by atoms with Gasteiger partial charge in [0.15, 0.2) is 0 Å². The number of fused-ring (bicyclic) bond motifs is 3. The van der Waals surface area contributed by atoms with Crippen LogP contribution < -0.4 is 11.1 Å². The average molecular weight is 459 g/mol. The van der Waals surface area contributed by atoms with E-state index in [-0.39, 0.29) is 37.0 Å². The molecule has 34 heavy (non-hydrogen) atoms. The molecule has 0 aromatic heterocycles. The molecule has 3 aromatic carbocycles. The van der Waals surface area contributed by atoms with Crippen molar-refractivity contribution in [1.29, 1.82) is 0 Å². The van der Waals surface area contributed by atoms with Crippen molar-refractivity contribution in [3.63, 3.8) is 0 Å². The van der Waals surface area contributed by atoms with Gasteiger partial charge in [0.1, 0.15) is 25.0 Å². The molecule has 0 spiro atoms. The first-order chi connectivity index (χ1) is 16.5. The summed E-state index contributed by atoms with van der Waals surface area (Å²) in [4.78, 5) is 25.3. The Kier molecular flexibility index (Phi) is 6.82. The highest BCUT2D eigenvalue weighted by molar-refractivity contribution is 5.82. The van der Waals surface area contributed by atoms with Crippen molar-refractivity contribution in [2.75, 3.05) is 18.9 Å². The number of aromatic hydroxyl groups is 1. The van der Waals surface area contributed by atoms with Gasteiger partial charge in [-0.2, -0.15) is 0 Å². The molecule has 1 aliphatic rings. The summed E-state index contributed by atoms with van der Waals surface area (Å²) in [5.74, 6) is -0.778. The summed E-state index contributed by atoms with van der Waals surface area (Å²) in [6.45, 7) is 3.67. The Bertz CT molecular complexity index is 1180. The zero-order valence-corrected chi connectivity index (χ0v) is 18.6. The van der Waals surface area contributed by atoms with Gasteiger partial charge in [0.05, 0.1) is 5.69 Å². The fourth-order valence-corrected chi connectivity index (χ4v) is 4.18. The summed E-state index contributed by atoms with van der Waals surface area (Å²) in [5, 5.41) is 12.3. The van der Waals surface area contributed by atoms with E-state index in [0.29, 0.717) is 5.56 Å². The molecule has 0 fully saturated rings. The third-order valence-corrected chi connectivity index (χ3v) is 5.80. The van der Waals surface area contributed by atoms with Crippen LogP contribution in [0.3, 0.4) is 0 Å². The number of rotatable bonds is 8. The van der Waals surface area contributed by atoms with Crippen LogP contribution in [0.2, 0.25) is 0 Å². The Morgan fingerprint density at radius 2 is 1.68 bits per heavy atom. The lowest BCUT2D eigenvalue weighted by atomic mass is 9.98. The van der Waals surface area contributed by atoms with E-state index in [1.54, 1.807) is 12.1 Å². The predicted octanol–water partition coefficient (Wildman–Crippen LogP) is 4.15. The normalized spacial score (nSPS) is 12.8. The Hall–Kier alpha value is -4.26. The van der Waals surface area contributed by atoms with Crippen LogP contribution in [-0.4, -0.2) is 36.4 Å². The van der Waals surface area contributed by atoms with Gasteiger partial charge >= 0.3 is 12.1 Å². The number of ether oxygens (including phenoxy) is 2. The number of amides is 1. The van der Waals surface area contributed by atoms with Crippen LogP contribution >= 0.6 is 0 Å². The van der Waals surface area contributed by atoms with Gasteiger partial charge in [-0.25, -0.2) is 9.59 Å². The summed E-state index contributed by atoms with van der Waals surface area (Å²) in [6, 6.07) is 19.7. The maximum absolute atomic E-state index is 12.7. The van der Waals surface area contributed by atoms with Gasteiger partial charge in [0.25, 0.3) is 0 Å². The molecule has 1 amide bonds. The summed E-state index contributed by atoms with van der Waals surface area (Å²) < 4.78 is 10.7. The summed E-state index contributed by atoms with van der Waals surface area (Å²) in [7, 11) is 0. The number of carbonyl (C=O) groups excluding carboxylic acids is 2. The lowest BCUT2D eigenvalue weighted by Gasteiger charge is -2.19. The Balaban J connectivity index is 1.46. The van der Waals surface area contributed by atoms with Gasteiger partial charge in [0, 0.05) is 12.3 Å². The molecule has 7 nitrogen and oxygen atoms in total. The van der Waals surface area contributed by atoms with Crippen LogP contribution in [0.25, 0.3) is 11.1 Å². The van der Waals surface area contributed by atoms with Crippen molar-refractivity contribution < 1.29 is 24.2 Å². The number of alkyl carbamates (subject to hydrolysis) is 1. The van der Waals surface area contributed by atoms with Gasteiger partial charge in [0.2, 0.25) is 0 Å². The largest absolute Gasteiger partial charge is 0.506 e. The molecule has 4 N–H and O–H groups in total. The maximum atomic E-state index is 12.7. The standard InChI is InChI=1S/C27H26N2O5/c1-2-13-33-26(31)24(15-17-11-12-25(30)23(28)14-17)29-27(32)34-16-22-20-9-5-3-7-18(20)19-8-4-6-10-21(19)22/h2-12,14,22,24,30H,1,13,15-16,28H2,(H,29,32)/t24-/m0/s1. The zero-order valence-electron chi connectivity index (χ0n) is 18.6. The second kappa shape index (κ2) is 10.1. The molecule has 0 saturated carbocycles. The van der Waals surface area contributed by atoms with E-state index in [9.17, 15) is 14.7 Å². The van der Waals surface area contributed by atoms with E-state index in [1.165, 1.54) is 12.1 Å². The van der Waals surface area contributed by atoms with E-state index in [2.05, 4.69) is 24.0 Å². The Labute approximate surface area is 197 Å². The molecule has 0 bridgehead atoms. The summed E-state index contributed by atoms with van der Waals surface area (Å²) >= 11 is 0. The Morgan fingerprint density at radius 1 is 1.03 bits per heavy atom. The fourth-order valence-electron chi connectivity index (χ4n) is 4.18. The van der Waals surface area contributed by atoms with E-state index in [1.807, 2.05) is 36.4 Å². The van der Waals surface area contributed by atoms with E-state index in [4.69, 9.17) is 15.2 Å². The number of esters is 1. The summed E-state index contributed by atoms with van der Waals surface area (Å²) in [6.07, 6.45) is 0.833. The van der Waals surface area contributed by atoms with E-state index >= 15 is 0 Å². The number of nitrogens with one attached hydrogen (secondary N) is 1. The van der Waals surface area contributed by atoms with E-state index < -0.39 is 18.1 Å². The van der Waals surface area contributed by atoms with Crippen LogP contribution in [0, 0.1) is 0 Å². The third kappa shape index (κ3) is 4.88. The first kappa shape index (κ1) is 22.9. The van der Waals surface area contributed by atoms with Crippen LogP contribution in [0.15, 0.2) is 79.4 Å². The van der Waals surface area contributed by atoms with Gasteiger partial charge in [-0.3, -0.25) is 0 Å². The predicted molar refractivity (Wildman–Crippen MR) is 129 cm³/mol. The number of benzene rings is 3. The lowest BCUT2D eigenvalue weighted by molar-refractivity contribution is -0.144. The van der Waals surface area contributed by atoms with Crippen molar-refractivity contribution in [3.05, 3.63) is 96.1 Å². The third-order valence-electron chi connectivity index (χ3n) is 5.80. The van der Waals surface area contributed by atoms with Crippen LogP contribution in [0.5, 0.6) is 5.75 Å². The zero-order chi connectivity index (χ0) is 24.1. The van der Waals surface area contributed by atoms with Crippen molar-refractivity contribution >= 4 is 17.7 Å². The highest BCUT2D eigenvalue weighted by atomic mass is 16.6. The van der Waals surface area contributed by atoms with Crippen molar-refractivity contribution in [3.8, 4) is 16.9 Å². The molecule has 1 aliphatic carbocycles. The monoisotopic (exact) mass is 458 g/mol. The van der Waals surface area contributed by atoms with Gasteiger partial charge in [-0.1, -0.05) is 67.3 Å². The van der Waals surface area contributed by atoms with Crippen LogP contribution in [0.4, 0.5) is 10.5 Å². The molecular weight excluding hydrogens is 432 g/mol. The SMILES string of the molecule is C=CCOC(=O)[C@H](Cc1ccc(O)c(N)c1)NC(=O)OCC1c2ccccc2-c2ccccc21. The van der Waals surface area contributed by atoms with Gasteiger partial charge < -0.3 is 25.6 Å². The molecule has 7 heteroatoms.